The topological polar surface area (TPSA) is 41.1 Å². The molecule has 0 saturated carbocycles. The lowest BCUT2D eigenvalue weighted by molar-refractivity contribution is 0.238. The Morgan fingerprint density at radius 1 is 1.20 bits per heavy atom. The predicted molar refractivity (Wildman–Crippen MR) is 85.3 cm³/mol. The Balaban J connectivity index is 2.42. The molecular weight excluding hydrogens is 272 g/mol. The van der Waals surface area contributed by atoms with Crippen LogP contribution in [0.5, 0.6) is 0 Å². The first-order valence-electron chi connectivity index (χ1n) is 7.09. The maximum Gasteiger partial charge on any atom is 0.314 e. The molecule has 0 aromatic heterocycles. The molecule has 0 unspecified atom stereocenters. The van der Waals surface area contributed by atoms with E-state index in [1.54, 1.807) is 0 Å². The second-order valence-corrected chi connectivity index (χ2v) is 6.62. The third-order valence-electron chi connectivity index (χ3n) is 3.32. The van der Waals surface area contributed by atoms with Crippen LogP contribution in [-0.2, 0) is 5.41 Å². The summed E-state index contributed by atoms with van der Waals surface area (Å²) in [7, 11) is 0. The molecule has 1 rings (SSSR count). The molecule has 0 fully saturated rings. The quantitative estimate of drug-likeness (QED) is 0.819. The van der Waals surface area contributed by atoms with Gasteiger partial charge in [0.15, 0.2) is 0 Å². The van der Waals surface area contributed by atoms with Gasteiger partial charge in [0, 0.05) is 23.5 Å². The van der Waals surface area contributed by atoms with Crippen molar-refractivity contribution < 1.29 is 4.79 Å². The molecule has 2 N–H and O–H groups in total. The number of amides is 2. The van der Waals surface area contributed by atoms with E-state index in [9.17, 15) is 4.79 Å². The van der Waals surface area contributed by atoms with Gasteiger partial charge in [-0.1, -0.05) is 51.4 Å². The molecule has 20 heavy (non-hydrogen) atoms. The Morgan fingerprint density at radius 3 is 2.35 bits per heavy atom. The van der Waals surface area contributed by atoms with Crippen LogP contribution in [0.25, 0.3) is 0 Å². The summed E-state index contributed by atoms with van der Waals surface area (Å²) in [4.78, 5) is 11.7. The van der Waals surface area contributed by atoms with Gasteiger partial charge in [0.05, 0.1) is 0 Å². The molecule has 0 heterocycles. The standard InChI is InChI=1S/C16H25ClN2O/c1-12(2)9-10-18-15(20)19-11-16(3,4)13-5-7-14(17)8-6-13/h5-8,12H,9-11H2,1-4H3,(H2,18,19,20). The maximum atomic E-state index is 11.7. The largest absolute Gasteiger partial charge is 0.338 e. The van der Waals surface area contributed by atoms with E-state index in [-0.39, 0.29) is 11.4 Å². The van der Waals surface area contributed by atoms with Crippen molar-refractivity contribution in [2.75, 3.05) is 13.1 Å². The third kappa shape index (κ3) is 5.83. The molecule has 1 aromatic carbocycles. The van der Waals surface area contributed by atoms with E-state index in [4.69, 9.17) is 11.6 Å². The third-order valence-corrected chi connectivity index (χ3v) is 3.58. The molecule has 0 spiro atoms. The zero-order valence-corrected chi connectivity index (χ0v) is 13.6. The number of benzene rings is 1. The van der Waals surface area contributed by atoms with Crippen molar-refractivity contribution >= 4 is 17.6 Å². The van der Waals surface area contributed by atoms with E-state index in [2.05, 4.69) is 38.3 Å². The monoisotopic (exact) mass is 296 g/mol. The maximum absolute atomic E-state index is 11.7. The van der Waals surface area contributed by atoms with Gasteiger partial charge in [-0.25, -0.2) is 4.79 Å². The number of nitrogens with one attached hydrogen (secondary N) is 2. The summed E-state index contributed by atoms with van der Waals surface area (Å²) in [5.41, 5.74) is 1.03. The summed E-state index contributed by atoms with van der Waals surface area (Å²) < 4.78 is 0. The zero-order chi connectivity index (χ0) is 15.2. The van der Waals surface area contributed by atoms with Crippen LogP contribution in [0.3, 0.4) is 0 Å². The molecule has 0 aliphatic rings. The summed E-state index contributed by atoms with van der Waals surface area (Å²) >= 11 is 5.89. The van der Waals surface area contributed by atoms with Crippen molar-refractivity contribution in [1.29, 1.82) is 0 Å². The molecule has 0 bridgehead atoms. The van der Waals surface area contributed by atoms with Crippen molar-refractivity contribution in [2.45, 2.75) is 39.5 Å². The molecule has 1 aromatic rings. The number of halogens is 1. The van der Waals surface area contributed by atoms with Crippen molar-refractivity contribution in [2.24, 2.45) is 5.92 Å². The van der Waals surface area contributed by atoms with Crippen molar-refractivity contribution in [3.63, 3.8) is 0 Å². The summed E-state index contributed by atoms with van der Waals surface area (Å²) in [5, 5.41) is 6.53. The molecular formula is C16H25ClN2O. The van der Waals surface area contributed by atoms with Gasteiger partial charge in [-0.05, 0) is 30.0 Å². The summed E-state index contributed by atoms with van der Waals surface area (Å²) in [6.07, 6.45) is 0.994. The molecule has 0 aliphatic carbocycles. The Hall–Kier alpha value is -1.22. The lowest BCUT2D eigenvalue weighted by Gasteiger charge is -2.25. The number of hydrogen-bond donors (Lipinski definition) is 2. The number of urea groups is 1. The van der Waals surface area contributed by atoms with Crippen LogP contribution in [0, 0.1) is 5.92 Å². The van der Waals surface area contributed by atoms with E-state index in [0.29, 0.717) is 19.0 Å². The molecule has 112 valence electrons. The van der Waals surface area contributed by atoms with Crippen molar-refractivity contribution in [3.8, 4) is 0 Å². The lowest BCUT2D eigenvalue weighted by Crippen LogP contribution is -2.42. The average Bonchev–Trinajstić information content (AvgIpc) is 2.36. The first kappa shape index (κ1) is 16.8. The van der Waals surface area contributed by atoms with Crippen LogP contribution in [0.1, 0.15) is 39.7 Å². The van der Waals surface area contributed by atoms with Crippen LogP contribution in [-0.4, -0.2) is 19.1 Å². The van der Waals surface area contributed by atoms with Crippen LogP contribution in [0.4, 0.5) is 4.79 Å². The van der Waals surface area contributed by atoms with Gasteiger partial charge in [-0.15, -0.1) is 0 Å². The van der Waals surface area contributed by atoms with E-state index in [0.717, 1.165) is 17.0 Å². The molecule has 0 saturated heterocycles. The first-order valence-corrected chi connectivity index (χ1v) is 7.47. The van der Waals surface area contributed by atoms with E-state index >= 15 is 0 Å². The SMILES string of the molecule is CC(C)CCNC(=O)NCC(C)(C)c1ccc(Cl)cc1. The molecule has 0 aliphatic heterocycles. The molecule has 2 amide bonds. The van der Waals surface area contributed by atoms with Gasteiger partial charge >= 0.3 is 6.03 Å². The normalized spacial score (nSPS) is 11.5. The fraction of sp³-hybridized carbons (Fsp3) is 0.562. The highest BCUT2D eigenvalue weighted by atomic mass is 35.5. The molecule has 4 heteroatoms. The van der Waals surface area contributed by atoms with Crippen molar-refractivity contribution in [1.82, 2.24) is 10.6 Å². The Kier molecular flexibility index (Phi) is 6.34. The lowest BCUT2D eigenvalue weighted by atomic mass is 9.85. The fourth-order valence-electron chi connectivity index (χ4n) is 1.84. The predicted octanol–water partition coefficient (Wildman–Crippen LogP) is 3.96. The molecule has 3 nitrogen and oxygen atoms in total. The second-order valence-electron chi connectivity index (χ2n) is 6.18. The molecule has 0 atom stereocenters. The number of hydrogen-bond acceptors (Lipinski definition) is 1. The number of carbonyl (C=O) groups is 1. The van der Waals surface area contributed by atoms with Gasteiger partial charge in [0.1, 0.15) is 0 Å². The average molecular weight is 297 g/mol. The second kappa shape index (κ2) is 7.53. The molecule has 0 radical (unpaired) electrons. The highest BCUT2D eigenvalue weighted by Gasteiger charge is 2.21. The van der Waals surface area contributed by atoms with Crippen molar-refractivity contribution in [3.05, 3.63) is 34.9 Å². The van der Waals surface area contributed by atoms with Crippen LogP contribution in [0.2, 0.25) is 5.02 Å². The van der Waals surface area contributed by atoms with Gasteiger partial charge in [-0.3, -0.25) is 0 Å². The smallest absolute Gasteiger partial charge is 0.314 e. The highest BCUT2D eigenvalue weighted by Crippen LogP contribution is 2.23. The van der Waals surface area contributed by atoms with Gasteiger partial charge in [0.25, 0.3) is 0 Å². The Labute approximate surface area is 127 Å². The van der Waals surface area contributed by atoms with Crippen LogP contribution >= 0.6 is 11.6 Å². The highest BCUT2D eigenvalue weighted by molar-refractivity contribution is 6.30. The number of carbonyl (C=O) groups excluding carboxylic acids is 1. The minimum absolute atomic E-state index is 0.104. The summed E-state index contributed by atoms with van der Waals surface area (Å²) in [6.45, 7) is 9.79. The fourth-order valence-corrected chi connectivity index (χ4v) is 1.97. The van der Waals surface area contributed by atoms with Gasteiger partial charge in [0.2, 0.25) is 0 Å². The first-order chi connectivity index (χ1) is 9.31. The Morgan fingerprint density at radius 2 is 1.80 bits per heavy atom. The zero-order valence-electron chi connectivity index (χ0n) is 12.8. The van der Waals surface area contributed by atoms with Gasteiger partial charge in [-0.2, -0.15) is 0 Å². The summed E-state index contributed by atoms with van der Waals surface area (Å²) in [6, 6.07) is 7.65. The van der Waals surface area contributed by atoms with Crippen LogP contribution < -0.4 is 10.6 Å². The van der Waals surface area contributed by atoms with E-state index < -0.39 is 0 Å². The van der Waals surface area contributed by atoms with Gasteiger partial charge < -0.3 is 10.6 Å². The van der Waals surface area contributed by atoms with Crippen LogP contribution in [0.15, 0.2) is 24.3 Å². The minimum Gasteiger partial charge on any atom is -0.338 e. The number of rotatable bonds is 6. The van der Waals surface area contributed by atoms with E-state index in [1.165, 1.54) is 0 Å². The summed E-state index contributed by atoms with van der Waals surface area (Å²) in [5.74, 6) is 0.598. The van der Waals surface area contributed by atoms with E-state index in [1.807, 2.05) is 24.3 Å². The Bertz CT molecular complexity index is 427. The minimum atomic E-state index is -0.125.